The Hall–Kier alpha value is -1.38. The molecule has 0 spiro atoms. The summed E-state index contributed by atoms with van der Waals surface area (Å²) in [4.78, 5) is 0. The average molecular weight is 296 g/mol. The highest BCUT2D eigenvalue weighted by molar-refractivity contribution is 6.42. The summed E-state index contributed by atoms with van der Waals surface area (Å²) in [7, 11) is 1.65. The van der Waals surface area contributed by atoms with Crippen molar-refractivity contribution in [1.82, 2.24) is 0 Å². The van der Waals surface area contributed by atoms with Crippen molar-refractivity contribution in [1.29, 1.82) is 0 Å². The van der Waals surface area contributed by atoms with Crippen molar-refractivity contribution in [2.45, 2.75) is 13.0 Å². The van der Waals surface area contributed by atoms with Gasteiger partial charge in [0.2, 0.25) is 0 Å². The Morgan fingerprint density at radius 1 is 1.11 bits per heavy atom. The molecule has 2 nitrogen and oxygen atoms in total. The lowest BCUT2D eigenvalue weighted by molar-refractivity contribution is 0.415. The molecule has 0 bridgehead atoms. The molecule has 19 heavy (non-hydrogen) atoms. The minimum Gasteiger partial charge on any atom is -0.497 e. The zero-order chi connectivity index (χ0) is 13.8. The molecule has 0 aliphatic carbocycles. The van der Waals surface area contributed by atoms with Crippen LogP contribution in [0, 0.1) is 0 Å². The summed E-state index contributed by atoms with van der Waals surface area (Å²) in [6, 6.07) is 13.5. The van der Waals surface area contributed by atoms with E-state index in [4.69, 9.17) is 27.9 Å². The van der Waals surface area contributed by atoms with Crippen LogP contribution in [0.15, 0.2) is 42.5 Å². The molecule has 4 heteroatoms. The first-order chi connectivity index (χ1) is 9.11. The lowest BCUT2D eigenvalue weighted by Crippen LogP contribution is -2.07. The lowest BCUT2D eigenvalue weighted by Gasteiger charge is -2.18. The van der Waals surface area contributed by atoms with Crippen molar-refractivity contribution in [2.24, 2.45) is 0 Å². The summed E-state index contributed by atoms with van der Waals surface area (Å²) in [5.74, 6) is 0.814. The van der Waals surface area contributed by atoms with Gasteiger partial charge >= 0.3 is 0 Å². The van der Waals surface area contributed by atoms with E-state index < -0.39 is 0 Å². The topological polar surface area (TPSA) is 21.3 Å². The Kier molecular flexibility index (Phi) is 4.56. The summed E-state index contributed by atoms with van der Waals surface area (Å²) in [5.41, 5.74) is 1.94. The smallest absolute Gasteiger partial charge is 0.120 e. The number of methoxy groups -OCH3 is 1. The second-order valence-electron chi connectivity index (χ2n) is 4.24. The van der Waals surface area contributed by atoms with E-state index in [2.05, 4.69) is 5.32 Å². The molecule has 1 N–H and O–H groups in total. The molecule has 2 rings (SSSR count). The van der Waals surface area contributed by atoms with Gasteiger partial charge in [-0.15, -0.1) is 0 Å². The van der Waals surface area contributed by atoms with Crippen molar-refractivity contribution in [3.05, 3.63) is 58.1 Å². The van der Waals surface area contributed by atoms with Gasteiger partial charge in [0.15, 0.2) is 0 Å². The zero-order valence-corrected chi connectivity index (χ0v) is 12.3. The fourth-order valence-corrected chi connectivity index (χ4v) is 2.37. The first kappa shape index (κ1) is 14.0. The number of halogens is 2. The molecule has 0 aliphatic heterocycles. The molecule has 0 amide bonds. The molecule has 0 fully saturated rings. The molecule has 0 aromatic heterocycles. The second-order valence-corrected chi connectivity index (χ2v) is 5.03. The minimum absolute atomic E-state index is 0.0540. The maximum absolute atomic E-state index is 6.22. The summed E-state index contributed by atoms with van der Waals surface area (Å²) < 4.78 is 5.20. The van der Waals surface area contributed by atoms with Crippen LogP contribution in [0.1, 0.15) is 18.5 Å². The van der Waals surface area contributed by atoms with Crippen molar-refractivity contribution in [2.75, 3.05) is 12.4 Å². The van der Waals surface area contributed by atoms with E-state index in [1.807, 2.05) is 43.3 Å². The van der Waals surface area contributed by atoms with Crippen molar-refractivity contribution in [3.63, 3.8) is 0 Å². The van der Waals surface area contributed by atoms with Gasteiger partial charge in [-0.05, 0) is 30.7 Å². The van der Waals surface area contributed by atoms with Crippen molar-refractivity contribution >= 4 is 28.9 Å². The van der Waals surface area contributed by atoms with E-state index in [0.717, 1.165) is 17.0 Å². The molecule has 2 aromatic rings. The fraction of sp³-hybridized carbons (Fsp3) is 0.200. The third-order valence-electron chi connectivity index (χ3n) is 2.90. The maximum Gasteiger partial charge on any atom is 0.120 e. The van der Waals surface area contributed by atoms with Gasteiger partial charge in [0.25, 0.3) is 0 Å². The first-order valence-electron chi connectivity index (χ1n) is 5.96. The maximum atomic E-state index is 6.22. The Bertz CT molecular complexity index is 572. The predicted molar refractivity (Wildman–Crippen MR) is 81.5 cm³/mol. The van der Waals surface area contributed by atoms with Gasteiger partial charge in [0.1, 0.15) is 5.75 Å². The highest BCUT2D eigenvalue weighted by Gasteiger charge is 2.11. The summed E-state index contributed by atoms with van der Waals surface area (Å²) in [6.45, 7) is 2.04. The monoisotopic (exact) mass is 295 g/mol. The number of ether oxygens (including phenoxy) is 1. The van der Waals surface area contributed by atoms with E-state index in [0.29, 0.717) is 10.0 Å². The van der Waals surface area contributed by atoms with Crippen LogP contribution < -0.4 is 10.1 Å². The largest absolute Gasteiger partial charge is 0.497 e. The summed E-state index contributed by atoms with van der Waals surface area (Å²) >= 11 is 12.2. The van der Waals surface area contributed by atoms with Gasteiger partial charge < -0.3 is 10.1 Å². The average Bonchev–Trinajstić information content (AvgIpc) is 2.42. The van der Waals surface area contributed by atoms with Crippen molar-refractivity contribution in [3.8, 4) is 5.75 Å². The second kappa shape index (κ2) is 6.18. The molecule has 1 unspecified atom stereocenters. The third kappa shape index (κ3) is 3.34. The Labute approximate surface area is 123 Å². The van der Waals surface area contributed by atoms with Crippen LogP contribution in [-0.2, 0) is 0 Å². The third-order valence-corrected chi connectivity index (χ3v) is 3.73. The summed E-state index contributed by atoms with van der Waals surface area (Å²) in [5, 5.41) is 4.54. The van der Waals surface area contributed by atoms with Crippen molar-refractivity contribution < 1.29 is 4.74 Å². The summed E-state index contributed by atoms with van der Waals surface area (Å²) in [6.07, 6.45) is 0. The zero-order valence-electron chi connectivity index (χ0n) is 10.8. The standard InChI is InChI=1S/C15H15Cl2NO/c1-10(13-7-4-8-14(16)15(13)17)18-11-5-3-6-12(9-11)19-2/h3-10,18H,1-2H3. The number of hydrogen-bond acceptors (Lipinski definition) is 2. The van der Waals surface area contributed by atoms with Crippen LogP contribution in [0.2, 0.25) is 10.0 Å². The van der Waals surface area contributed by atoms with Gasteiger partial charge in [-0.2, -0.15) is 0 Å². The Balaban J connectivity index is 2.20. The van der Waals surface area contributed by atoms with Gasteiger partial charge in [0.05, 0.1) is 23.2 Å². The van der Waals surface area contributed by atoms with Crippen LogP contribution in [0.25, 0.3) is 0 Å². The molecule has 0 saturated heterocycles. The molecule has 0 radical (unpaired) electrons. The SMILES string of the molecule is COc1cccc(NC(C)c2cccc(Cl)c2Cl)c1. The molecule has 0 aliphatic rings. The van der Waals surface area contributed by atoms with Crippen LogP contribution in [0.3, 0.4) is 0 Å². The number of rotatable bonds is 4. The van der Waals surface area contributed by atoms with E-state index >= 15 is 0 Å². The fourth-order valence-electron chi connectivity index (χ4n) is 1.90. The molecular formula is C15H15Cl2NO. The lowest BCUT2D eigenvalue weighted by atomic mass is 10.1. The van der Waals surface area contributed by atoms with Gasteiger partial charge in [-0.3, -0.25) is 0 Å². The van der Waals surface area contributed by atoms with Gasteiger partial charge in [-0.1, -0.05) is 41.4 Å². The van der Waals surface area contributed by atoms with E-state index in [-0.39, 0.29) is 6.04 Å². The number of benzene rings is 2. The quantitative estimate of drug-likeness (QED) is 0.839. The van der Waals surface area contributed by atoms with E-state index in [9.17, 15) is 0 Å². The number of anilines is 1. The normalized spacial score (nSPS) is 12.0. The molecule has 1 atom stereocenters. The predicted octanol–water partition coefficient (Wildman–Crippen LogP) is 5.18. The molecule has 2 aromatic carbocycles. The molecule has 100 valence electrons. The Morgan fingerprint density at radius 3 is 2.58 bits per heavy atom. The van der Waals surface area contributed by atoms with Crippen LogP contribution in [-0.4, -0.2) is 7.11 Å². The number of nitrogens with one attached hydrogen (secondary N) is 1. The minimum atomic E-state index is 0.0540. The molecule has 0 saturated carbocycles. The van der Waals surface area contributed by atoms with Crippen LogP contribution >= 0.6 is 23.2 Å². The first-order valence-corrected chi connectivity index (χ1v) is 6.72. The van der Waals surface area contributed by atoms with E-state index in [1.54, 1.807) is 13.2 Å². The number of hydrogen-bond donors (Lipinski definition) is 1. The highest BCUT2D eigenvalue weighted by Crippen LogP contribution is 2.31. The van der Waals surface area contributed by atoms with Crippen LogP contribution in [0.4, 0.5) is 5.69 Å². The van der Waals surface area contributed by atoms with Crippen LogP contribution in [0.5, 0.6) is 5.75 Å². The Morgan fingerprint density at radius 2 is 1.84 bits per heavy atom. The highest BCUT2D eigenvalue weighted by atomic mass is 35.5. The molecule has 0 heterocycles. The van der Waals surface area contributed by atoms with Gasteiger partial charge in [-0.25, -0.2) is 0 Å². The van der Waals surface area contributed by atoms with E-state index in [1.165, 1.54) is 0 Å². The molecular weight excluding hydrogens is 281 g/mol. The van der Waals surface area contributed by atoms with Gasteiger partial charge in [0, 0.05) is 11.8 Å².